The highest BCUT2D eigenvalue weighted by atomic mass is 32.2. The first-order valence-electron chi connectivity index (χ1n) is 4.92. The summed E-state index contributed by atoms with van der Waals surface area (Å²) in [6.07, 6.45) is 1.36. The van der Waals surface area contributed by atoms with Gasteiger partial charge in [0.05, 0.1) is 0 Å². The van der Waals surface area contributed by atoms with Gasteiger partial charge >= 0.3 is 5.82 Å². The number of hydrogen-bond acceptors (Lipinski definition) is 8. The van der Waals surface area contributed by atoms with E-state index < -0.39 is 4.92 Å². The van der Waals surface area contributed by atoms with Crippen molar-refractivity contribution in [3.05, 3.63) is 16.4 Å². The van der Waals surface area contributed by atoms with Gasteiger partial charge in [-0.25, -0.2) is 0 Å². The summed E-state index contributed by atoms with van der Waals surface area (Å²) in [6, 6.07) is 0. The average molecular weight is 300 g/mol. The van der Waals surface area contributed by atoms with E-state index in [2.05, 4.69) is 20.5 Å². The molecule has 2 aromatic rings. The molecule has 2 aromatic heterocycles. The zero-order valence-corrected chi connectivity index (χ0v) is 11.5. The third-order valence-corrected chi connectivity index (χ3v) is 3.96. The molecule has 2 heterocycles. The van der Waals surface area contributed by atoms with Crippen molar-refractivity contribution in [2.45, 2.75) is 16.3 Å². The molecule has 11 heteroatoms. The standard InChI is InChI=1S/C8H8N6O3S2/c1-4(15)10-7-11-12-8(19-7)18-6-5(14(16)17)9-3-13(6)2/h3H,1-2H3,(H,10,11,15). The van der Waals surface area contributed by atoms with Crippen LogP contribution in [0.25, 0.3) is 0 Å². The highest BCUT2D eigenvalue weighted by Crippen LogP contribution is 2.36. The molecule has 0 bridgehead atoms. The summed E-state index contributed by atoms with van der Waals surface area (Å²) in [6.45, 7) is 1.36. The number of amides is 1. The lowest BCUT2D eigenvalue weighted by atomic mass is 10.7. The Morgan fingerprint density at radius 3 is 2.95 bits per heavy atom. The third kappa shape index (κ3) is 3.06. The van der Waals surface area contributed by atoms with Gasteiger partial charge in [-0.3, -0.25) is 4.79 Å². The van der Waals surface area contributed by atoms with Gasteiger partial charge in [0.25, 0.3) is 0 Å². The number of imidazole rings is 1. The van der Waals surface area contributed by atoms with Crippen LogP contribution in [-0.4, -0.2) is 30.6 Å². The monoisotopic (exact) mass is 300 g/mol. The van der Waals surface area contributed by atoms with E-state index in [9.17, 15) is 14.9 Å². The SMILES string of the molecule is CC(=O)Nc1nnc(Sc2c([N+](=O)[O-])ncn2C)s1. The molecule has 0 aromatic carbocycles. The predicted molar refractivity (Wildman–Crippen MR) is 68.2 cm³/mol. The predicted octanol–water partition coefficient (Wildman–Crippen LogP) is 1.29. The van der Waals surface area contributed by atoms with Gasteiger partial charge in [-0.1, -0.05) is 11.3 Å². The largest absolute Gasteiger partial charge is 0.396 e. The molecule has 0 fully saturated rings. The Hall–Kier alpha value is -2.01. The Morgan fingerprint density at radius 2 is 2.32 bits per heavy atom. The molecule has 0 saturated heterocycles. The molecular weight excluding hydrogens is 292 g/mol. The number of nitro groups is 1. The second-order valence-corrected chi connectivity index (χ2v) is 5.61. The number of aromatic nitrogens is 4. The first kappa shape index (κ1) is 13.4. The van der Waals surface area contributed by atoms with E-state index >= 15 is 0 Å². The summed E-state index contributed by atoms with van der Waals surface area (Å²) in [7, 11) is 1.65. The van der Waals surface area contributed by atoms with Crippen molar-refractivity contribution in [2.24, 2.45) is 7.05 Å². The maximum absolute atomic E-state index is 10.9. The second kappa shape index (κ2) is 5.32. The second-order valence-electron chi connectivity index (χ2n) is 3.40. The van der Waals surface area contributed by atoms with E-state index in [0.717, 1.165) is 23.1 Å². The number of aryl methyl sites for hydroxylation is 1. The van der Waals surface area contributed by atoms with Gasteiger partial charge in [0, 0.05) is 14.0 Å². The number of carbonyl (C=O) groups is 1. The first-order valence-corrected chi connectivity index (χ1v) is 6.55. The Balaban J connectivity index is 2.21. The lowest BCUT2D eigenvalue weighted by Crippen LogP contribution is -2.04. The van der Waals surface area contributed by atoms with Crippen molar-refractivity contribution in [3.8, 4) is 0 Å². The zero-order valence-electron chi connectivity index (χ0n) is 9.85. The minimum absolute atomic E-state index is 0.233. The molecule has 9 nitrogen and oxygen atoms in total. The lowest BCUT2D eigenvalue weighted by molar-refractivity contribution is -0.392. The molecule has 1 N–H and O–H groups in total. The summed E-state index contributed by atoms with van der Waals surface area (Å²) in [5, 5.41) is 21.6. The topological polar surface area (TPSA) is 116 Å². The highest BCUT2D eigenvalue weighted by Gasteiger charge is 2.22. The summed E-state index contributed by atoms with van der Waals surface area (Å²) < 4.78 is 2.01. The van der Waals surface area contributed by atoms with Crippen molar-refractivity contribution in [1.29, 1.82) is 0 Å². The fourth-order valence-electron chi connectivity index (χ4n) is 1.18. The van der Waals surface area contributed by atoms with Gasteiger partial charge in [0.2, 0.25) is 17.4 Å². The zero-order chi connectivity index (χ0) is 14.0. The Kier molecular flexibility index (Phi) is 3.76. The van der Waals surface area contributed by atoms with Crippen LogP contribution in [0, 0.1) is 10.1 Å². The fraction of sp³-hybridized carbons (Fsp3) is 0.250. The molecule has 2 rings (SSSR count). The maximum atomic E-state index is 10.9. The smallest absolute Gasteiger partial charge is 0.358 e. The van der Waals surface area contributed by atoms with Gasteiger partial charge in [0.1, 0.15) is 0 Å². The summed E-state index contributed by atoms with van der Waals surface area (Å²) >= 11 is 2.21. The first-order chi connectivity index (χ1) is 8.97. The summed E-state index contributed by atoms with van der Waals surface area (Å²) in [5.41, 5.74) is 0. The molecule has 19 heavy (non-hydrogen) atoms. The molecule has 0 radical (unpaired) electrons. The van der Waals surface area contributed by atoms with Crippen molar-refractivity contribution < 1.29 is 9.72 Å². The molecule has 0 aliphatic heterocycles. The van der Waals surface area contributed by atoms with Crippen molar-refractivity contribution in [2.75, 3.05) is 5.32 Å². The quantitative estimate of drug-likeness (QED) is 0.513. The normalized spacial score (nSPS) is 10.4. The van der Waals surface area contributed by atoms with E-state index in [1.165, 1.54) is 17.8 Å². The van der Waals surface area contributed by atoms with Crippen LogP contribution >= 0.6 is 23.1 Å². The number of nitrogens with zero attached hydrogens (tertiary/aromatic N) is 5. The van der Waals surface area contributed by atoms with E-state index in [1.54, 1.807) is 7.05 Å². The minimum atomic E-state index is -0.557. The Morgan fingerprint density at radius 1 is 1.58 bits per heavy atom. The summed E-state index contributed by atoms with van der Waals surface area (Å²) in [4.78, 5) is 24.8. The van der Waals surface area contributed by atoms with Gasteiger partial charge in [-0.15, -0.1) is 10.2 Å². The third-order valence-electron chi connectivity index (χ3n) is 1.91. The lowest BCUT2D eigenvalue weighted by Gasteiger charge is -1.97. The molecule has 1 amide bonds. The van der Waals surface area contributed by atoms with Gasteiger partial charge < -0.3 is 20.0 Å². The van der Waals surface area contributed by atoms with Crippen molar-refractivity contribution in [3.63, 3.8) is 0 Å². The van der Waals surface area contributed by atoms with E-state index in [0.29, 0.717) is 14.5 Å². The van der Waals surface area contributed by atoms with E-state index in [1.807, 2.05) is 0 Å². The van der Waals surface area contributed by atoms with Crippen LogP contribution in [0.2, 0.25) is 0 Å². The van der Waals surface area contributed by atoms with Crippen LogP contribution in [0.3, 0.4) is 0 Å². The number of anilines is 1. The number of rotatable bonds is 4. The molecule has 0 aliphatic rings. The van der Waals surface area contributed by atoms with Crippen LogP contribution < -0.4 is 5.32 Å². The van der Waals surface area contributed by atoms with Crippen LogP contribution in [0.4, 0.5) is 10.9 Å². The minimum Gasteiger partial charge on any atom is -0.358 e. The number of nitrogens with one attached hydrogen (secondary N) is 1. The molecule has 0 atom stereocenters. The summed E-state index contributed by atoms with van der Waals surface area (Å²) in [5.74, 6) is -0.483. The average Bonchev–Trinajstić information content (AvgIpc) is 2.87. The van der Waals surface area contributed by atoms with Gasteiger partial charge in [-0.2, -0.15) is 0 Å². The van der Waals surface area contributed by atoms with Gasteiger partial charge in [-0.05, 0) is 21.7 Å². The van der Waals surface area contributed by atoms with E-state index in [-0.39, 0.29) is 11.7 Å². The molecule has 0 aliphatic carbocycles. The molecular formula is C8H8N6O3S2. The van der Waals surface area contributed by atoms with Crippen molar-refractivity contribution >= 4 is 40.0 Å². The van der Waals surface area contributed by atoms with Crippen LogP contribution in [0.5, 0.6) is 0 Å². The molecule has 0 unspecified atom stereocenters. The fourth-order valence-corrected chi connectivity index (χ4v) is 3.00. The molecule has 100 valence electrons. The Bertz CT molecular complexity index is 636. The van der Waals surface area contributed by atoms with E-state index in [4.69, 9.17) is 0 Å². The number of hydrogen-bond donors (Lipinski definition) is 1. The van der Waals surface area contributed by atoms with Crippen LogP contribution in [0.15, 0.2) is 15.7 Å². The highest BCUT2D eigenvalue weighted by molar-refractivity contribution is 8.01. The molecule has 0 saturated carbocycles. The number of carbonyl (C=O) groups excluding carboxylic acids is 1. The Labute approximate surface area is 115 Å². The molecule has 0 spiro atoms. The van der Waals surface area contributed by atoms with Crippen LogP contribution in [-0.2, 0) is 11.8 Å². The van der Waals surface area contributed by atoms with Crippen molar-refractivity contribution in [1.82, 2.24) is 19.7 Å². The van der Waals surface area contributed by atoms with Gasteiger partial charge in [0.15, 0.2) is 9.37 Å². The maximum Gasteiger partial charge on any atom is 0.396 e. The van der Waals surface area contributed by atoms with Crippen LogP contribution in [0.1, 0.15) is 6.92 Å².